The number of amides is 2. The van der Waals surface area contributed by atoms with Gasteiger partial charge in [0.25, 0.3) is 0 Å². The molecule has 0 aliphatic heterocycles. The number of hydrogen-bond acceptors (Lipinski definition) is 3. The second kappa shape index (κ2) is 6.09. The predicted octanol–water partition coefficient (Wildman–Crippen LogP) is 1.53. The Morgan fingerprint density at radius 2 is 2.17 bits per heavy atom. The third kappa shape index (κ3) is 3.80. The van der Waals surface area contributed by atoms with E-state index in [-0.39, 0.29) is 6.03 Å². The van der Waals surface area contributed by atoms with E-state index in [0.717, 1.165) is 5.56 Å². The third-order valence-electron chi connectivity index (χ3n) is 2.84. The number of carboxylic acid groups (broad SMARTS) is 1. The van der Waals surface area contributed by atoms with E-state index in [1.54, 1.807) is 33.2 Å². The van der Waals surface area contributed by atoms with Gasteiger partial charge in [-0.25, -0.2) is 4.79 Å². The molecule has 0 aliphatic carbocycles. The molecule has 0 aromatic carbocycles. The lowest BCUT2D eigenvalue weighted by Gasteiger charge is -2.22. The van der Waals surface area contributed by atoms with Crippen molar-refractivity contribution in [3.05, 3.63) is 24.2 Å². The number of nitrogens with one attached hydrogen (secondary N) is 1. The van der Waals surface area contributed by atoms with E-state index in [4.69, 9.17) is 9.52 Å². The van der Waals surface area contributed by atoms with Gasteiger partial charge in [-0.05, 0) is 19.9 Å². The molecule has 1 rings (SSSR count). The number of carbonyl (C=O) groups excluding carboxylic acids is 1. The molecule has 0 radical (unpaired) electrons. The highest BCUT2D eigenvalue weighted by molar-refractivity contribution is 5.76. The quantitative estimate of drug-likeness (QED) is 0.834. The van der Waals surface area contributed by atoms with Gasteiger partial charge in [0, 0.05) is 18.7 Å². The minimum absolute atomic E-state index is 0.309. The molecular formula is C12H18N2O4. The molecular weight excluding hydrogens is 236 g/mol. The maximum absolute atomic E-state index is 11.8. The molecule has 100 valence electrons. The van der Waals surface area contributed by atoms with Crippen molar-refractivity contribution < 1.29 is 19.1 Å². The van der Waals surface area contributed by atoms with Gasteiger partial charge in [-0.15, -0.1) is 0 Å². The van der Waals surface area contributed by atoms with Crippen LogP contribution in [0.5, 0.6) is 0 Å². The number of rotatable bonds is 5. The van der Waals surface area contributed by atoms with Crippen molar-refractivity contribution in [1.82, 2.24) is 10.2 Å². The van der Waals surface area contributed by atoms with E-state index in [0.29, 0.717) is 6.54 Å². The van der Waals surface area contributed by atoms with E-state index in [1.807, 2.05) is 0 Å². The summed E-state index contributed by atoms with van der Waals surface area (Å²) < 4.78 is 4.91. The lowest BCUT2D eigenvalue weighted by molar-refractivity contribution is -0.141. The summed E-state index contributed by atoms with van der Waals surface area (Å²) in [5.74, 6) is -1.56. The fraction of sp³-hybridized carbons (Fsp3) is 0.500. The molecule has 0 spiro atoms. The third-order valence-corrected chi connectivity index (χ3v) is 2.84. The van der Waals surface area contributed by atoms with Crippen LogP contribution in [-0.2, 0) is 11.3 Å². The molecule has 1 heterocycles. The topological polar surface area (TPSA) is 82.8 Å². The Balaban J connectivity index is 2.47. The lowest BCUT2D eigenvalue weighted by atomic mass is 10.0. The van der Waals surface area contributed by atoms with Crippen LogP contribution in [0.1, 0.15) is 19.4 Å². The fourth-order valence-electron chi connectivity index (χ4n) is 1.37. The Labute approximate surface area is 106 Å². The average molecular weight is 254 g/mol. The van der Waals surface area contributed by atoms with Crippen LogP contribution in [0.15, 0.2) is 23.0 Å². The number of hydrogen-bond donors (Lipinski definition) is 2. The van der Waals surface area contributed by atoms with Gasteiger partial charge in [0.05, 0.1) is 25.0 Å². The van der Waals surface area contributed by atoms with E-state index in [2.05, 4.69) is 5.32 Å². The highest BCUT2D eigenvalue weighted by Gasteiger charge is 2.22. The molecule has 6 nitrogen and oxygen atoms in total. The van der Waals surface area contributed by atoms with E-state index in [1.165, 1.54) is 11.2 Å². The van der Waals surface area contributed by atoms with Crippen LogP contribution >= 0.6 is 0 Å². The average Bonchev–Trinajstić information content (AvgIpc) is 2.80. The fourth-order valence-corrected chi connectivity index (χ4v) is 1.37. The lowest BCUT2D eigenvalue weighted by Crippen LogP contribution is -2.45. The summed E-state index contributed by atoms with van der Waals surface area (Å²) in [6, 6.07) is 1.03. The van der Waals surface area contributed by atoms with E-state index >= 15 is 0 Å². The highest BCUT2D eigenvalue weighted by Crippen LogP contribution is 2.06. The maximum Gasteiger partial charge on any atom is 0.317 e. The molecule has 18 heavy (non-hydrogen) atoms. The second-order valence-electron chi connectivity index (χ2n) is 4.35. The van der Waals surface area contributed by atoms with E-state index < -0.39 is 17.9 Å². The normalized spacial score (nSPS) is 13.7. The van der Waals surface area contributed by atoms with Gasteiger partial charge in [-0.1, -0.05) is 0 Å². The van der Waals surface area contributed by atoms with Gasteiger partial charge in [0.2, 0.25) is 0 Å². The van der Waals surface area contributed by atoms with Gasteiger partial charge in [-0.2, -0.15) is 0 Å². The SMILES string of the molecule is CC(NC(=O)N(C)Cc1ccoc1)C(C)C(=O)O. The zero-order chi connectivity index (χ0) is 13.7. The Hall–Kier alpha value is -1.98. The highest BCUT2D eigenvalue weighted by atomic mass is 16.4. The van der Waals surface area contributed by atoms with Crippen LogP contribution in [0.25, 0.3) is 0 Å². The smallest absolute Gasteiger partial charge is 0.317 e. The Bertz CT molecular complexity index is 402. The van der Waals surface area contributed by atoms with Crippen molar-refractivity contribution in [3.8, 4) is 0 Å². The first-order valence-electron chi connectivity index (χ1n) is 5.67. The molecule has 0 saturated carbocycles. The number of urea groups is 1. The van der Waals surface area contributed by atoms with Crippen molar-refractivity contribution in [1.29, 1.82) is 0 Å². The Kier molecular flexibility index (Phi) is 4.76. The number of carbonyl (C=O) groups is 2. The van der Waals surface area contributed by atoms with E-state index in [9.17, 15) is 9.59 Å². The Morgan fingerprint density at radius 3 is 2.67 bits per heavy atom. The first-order chi connectivity index (χ1) is 8.41. The van der Waals surface area contributed by atoms with Crippen molar-refractivity contribution in [2.24, 2.45) is 5.92 Å². The van der Waals surface area contributed by atoms with Crippen LogP contribution in [0, 0.1) is 5.92 Å². The zero-order valence-electron chi connectivity index (χ0n) is 10.7. The van der Waals surface area contributed by atoms with Crippen molar-refractivity contribution in [3.63, 3.8) is 0 Å². The number of nitrogens with zero attached hydrogens (tertiary/aromatic N) is 1. The maximum atomic E-state index is 11.8. The van der Waals surface area contributed by atoms with Crippen LogP contribution in [0.3, 0.4) is 0 Å². The molecule has 0 bridgehead atoms. The zero-order valence-corrected chi connectivity index (χ0v) is 10.7. The van der Waals surface area contributed by atoms with Crippen molar-refractivity contribution >= 4 is 12.0 Å². The minimum Gasteiger partial charge on any atom is -0.481 e. The summed E-state index contributed by atoms with van der Waals surface area (Å²) in [6.07, 6.45) is 3.10. The predicted molar refractivity (Wildman–Crippen MR) is 65.0 cm³/mol. The number of aliphatic carboxylic acids is 1. The first-order valence-corrected chi connectivity index (χ1v) is 5.67. The largest absolute Gasteiger partial charge is 0.481 e. The summed E-state index contributed by atoms with van der Waals surface area (Å²) in [4.78, 5) is 24.0. The molecule has 1 aromatic rings. The van der Waals surface area contributed by atoms with Gasteiger partial charge < -0.3 is 19.7 Å². The van der Waals surface area contributed by atoms with Gasteiger partial charge >= 0.3 is 12.0 Å². The summed E-state index contributed by atoms with van der Waals surface area (Å²) >= 11 is 0. The summed E-state index contributed by atoms with van der Waals surface area (Å²) in [7, 11) is 1.64. The van der Waals surface area contributed by atoms with Crippen LogP contribution < -0.4 is 5.32 Å². The van der Waals surface area contributed by atoms with Crippen LogP contribution in [0.2, 0.25) is 0 Å². The minimum atomic E-state index is -0.930. The summed E-state index contributed by atoms with van der Waals surface area (Å²) in [6.45, 7) is 3.64. The summed E-state index contributed by atoms with van der Waals surface area (Å²) in [5.41, 5.74) is 0.881. The molecule has 0 fully saturated rings. The molecule has 2 N–H and O–H groups in total. The van der Waals surface area contributed by atoms with Gasteiger partial charge in [-0.3, -0.25) is 4.79 Å². The van der Waals surface area contributed by atoms with Crippen LogP contribution in [0.4, 0.5) is 4.79 Å². The van der Waals surface area contributed by atoms with Crippen molar-refractivity contribution in [2.45, 2.75) is 26.4 Å². The molecule has 2 unspecified atom stereocenters. The molecule has 6 heteroatoms. The molecule has 2 amide bonds. The number of carboxylic acids is 1. The first kappa shape index (κ1) is 14.1. The van der Waals surface area contributed by atoms with Gasteiger partial charge in [0.1, 0.15) is 0 Å². The Morgan fingerprint density at radius 1 is 1.50 bits per heavy atom. The molecule has 2 atom stereocenters. The molecule has 1 aromatic heterocycles. The molecule has 0 aliphatic rings. The second-order valence-corrected chi connectivity index (χ2v) is 4.35. The van der Waals surface area contributed by atoms with Gasteiger partial charge in [0.15, 0.2) is 0 Å². The number of furan rings is 1. The van der Waals surface area contributed by atoms with Crippen molar-refractivity contribution in [2.75, 3.05) is 7.05 Å². The van der Waals surface area contributed by atoms with Crippen LogP contribution in [-0.4, -0.2) is 35.1 Å². The standard InChI is InChI=1S/C12H18N2O4/c1-8(11(15)16)9(2)13-12(17)14(3)6-10-4-5-18-7-10/h4-5,7-9H,6H2,1-3H3,(H,13,17)(H,15,16). The molecule has 0 saturated heterocycles. The monoisotopic (exact) mass is 254 g/mol. The summed E-state index contributed by atoms with van der Waals surface area (Å²) in [5, 5.41) is 11.5.